The van der Waals surface area contributed by atoms with Crippen molar-refractivity contribution in [1.82, 2.24) is 0 Å². The van der Waals surface area contributed by atoms with E-state index in [-0.39, 0.29) is 13.2 Å². The van der Waals surface area contributed by atoms with Crippen LogP contribution in [0.5, 0.6) is 11.5 Å². The van der Waals surface area contributed by atoms with Crippen LogP contribution < -0.4 is 14.8 Å². The lowest BCUT2D eigenvalue weighted by Crippen LogP contribution is -2.30. The van der Waals surface area contributed by atoms with Crippen molar-refractivity contribution in [2.75, 3.05) is 12.1 Å². The fraction of sp³-hybridized carbons (Fsp3) is 0.300. The highest BCUT2D eigenvalue weighted by Crippen LogP contribution is 2.32. The van der Waals surface area contributed by atoms with Crippen molar-refractivity contribution in [2.24, 2.45) is 0 Å². The fourth-order valence-corrected chi connectivity index (χ4v) is 2.79. The lowest BCUT2D eigenvalue weighted by atomic mass is 10.1. The van der Waals surface area contributed by atoms with E-state index in [2.05, 4.69) is 5.32 Å². The van der Waals surface area contributed by atoms with Crippen molar-refractivity contribution in [2.45, 2.75) is 32.8 Å². The molecule has 1 N–H and O–H groups in total. The van der Waals surface area contributed by atoms with Gasteiger partial charge >= 0.3 is 5.97 Å². The summed E-state index contributed by atoms with van der Waals surface area (Å²) in [5, 5.41) is 3.25. The van der Waals surface area contributed by atoms with Crippen LogP contribution in [0.4, 0.5) is 5.69 Å². The minimum Gasteiger partial charge on any atom is -0.454 e. The summed E-state index contributed by atoms with van der Waals surface area (Å²) in [6.07, 6.45) is -0.266. The van der Waals surface area contributed by atoms with E-state index in [0.717, 1.165) is 11.1 Å². The van der Waals surface area contributed by atoms with Crippen molar-refractivity contribution >= 4 is 29.2 Å². The number of carbonyl (C=O) groups is 2. The summed E-state index contributed by atoms with van der Waals surface area (Å²) in [4.78, 5) is 24.3. The van der Waals surface area contributed by atoms with E-state index in [4.69, 9.17) is 25.8 Å². The molecule has 2 aromatic carbocycles. The second-order valence-corrected chi connectivity index (χ2v) is 6.70. The van der Waals surface area contributed by atoms with Crippen LogP contribution in [0.1, 0.15) is 24.5 Å². The molecule has 1 aliphatic heterocycles. The van der Waals surface area contributed by atoms with Crippen molar-refractivity contribution in [3.05, 3.63) is 52.5 Å². The zero-order valence-corrected chi connectivity index (χ0v) is 15.8. The molecule has 0 aliphatic carbocycles. The van der Waals surface area contributed by atoms with Crippen LogP contribution >= 0.6 is 11.6 Å². The van der Waals surface area contributed by atoms with Crippen LogP contribution in [0.3, 0.4) is 0 Å². The van der Waals surface area contributed by atoms with Gasteiger partial charge in [0.1, 0.15) is 0 Å². The fourth-order valence-electron chi connectivity index (χ4n) is 2.62. The van der Waals surface area contributed by atoms with Gasteiger partial charge < -0.3 is 19.5 Å². The van der Waals surface area contributed by atoms with Gasteiger partial charge in [-0.05, 0) is 55.7 Å². The van der Waals surface area contributed by atoms with Gasteiger partial charge in [0.15, 0.2) is 17.6 Å². The third-order valence-electron chi connectivity index (χ3n) is 4.19. The number of aryl methyl sites for hydroxylation is 2. The topological polar surface area (TPSA) is 73.9 Å². The van der Waals surface area contributed by atoms with E-state index in [9.17, 15) is 9.59 Å². The van der Waals surface area contributed by atoms with Gasteiger partial charge in [-0.3, -0.25) is 9.59 Å². The summed E-state index contributed by atoms with van der Waals surface area (Å²) in [6, 6.07) is 10.7. The summed E-state index contributed by atoms with van der Waals surface area (Å²) in [5.41, 5.74) is 2.40. The van der Waals surface area contributed by atoms with Crippen molar-refractivity contribution in [1.29, 1.82) is 0 Å². The number of amides is 1. The second kappa shape index (κ2) is 8.31. The summed E-state index contributed by atoms with van der Waals surface area (Å²) in [5.74, 6) is 0.517. The first kappa shape index (κ1) is 19.0. The highest BCUT2D eigenvalue weighted by molar-refractivity contribution is 6.31. The standard InChI is InChI=1S/C20H20ClNO5/c1-12-3-6-15(21)10-16(12)22-20(24)13(2)27-19(23)8-5-14-4-7-17-18(9-14)26-11-25-17/h3-4,6-7,9-10,13H,5,8,11H2,1-2H3,(H,22,24). The van der Waals surface area contributed by atoms with Crippen LogP contribution in [-0.4, -0.2) is 24.8 Å². The molecule has 1 amide bonds. The highest BCUT2D eigenvalue weighted by Gasteiger charge is 2.19. The summed E-state index contributed by atoms with van der Waals surface area (Å²) < 4.78 is 15.8. The Morgan fingerprint density at radius 3 is 2.78 bits per heavy atom. The summed E-state index contributed by atoms with van der Waals surface area (Å²) in [6.45, 7) is 3.60. The number of anilines is 1. The molecule has 6 nitrogen and oxygen atoms in total. The molecule has 0 radical (unpaired) electrons. The number of benzene rings is 2. The van der Waals surface area contributed by atoms with Crippen molar-refractivity contribution in [3.8, 4) is 11.5 Å². The van der Waals surface area contributed by atoms with E-state index in [1.165, 1.54) is 6.92 Å². The summed E-state index contributed by atoms with van der Waals surface area (Å²) in [7, 11) is 0. The van der Waals surface area contributed by atoms with Gasteiger partial charge in [0.05, 0.1) is 0 Å². The Kier molecular flexibility index (Phi) is 5.86. The molecular formula is C20H20ClNO5. The van der Waals surface area contributed by atoms with Crippen LogP contribution in [0.15, 0.2) is 36.4 Å². The third kappa shape index (κ3) is 4.92. The first-order valence-electron chi connectivity index (χ1n) is 8.57. The summed E-state index contributed by atoms with van der Waals surface area (Å²) >= 11 is 5.95. The Hall–Kier alpha value is -2.73. The molecule has 1 heterocycles. The van der Waals surface area contributed by atoms with Gasteiger partial charge in [-0.1, -0.05) is 23.7 Å². The Morgan fingerprint density at radius 1 is 1.19 bits per heavy atom. The molecule has 3 rings (SSSR count). The van der Waals surface area contributed by atoms with Gasteiger partial charge in [0, 0.05) is 17.1 Å². The molecule has 1 atom stereocenters. The Labute approximate surface area is 162 Å². The molecule has 1 unspecified atom stereocenters. The van der Waals surface area contributed by atoms with Gasteiger partial charge in [-0.2, -0.15) is 0 Å². The lowest BCUT2D eigenvalue weighted by molar-refractivity contribution is -0.153. The van der Waals surface area contributed by atoms with Gasteiger partial charge in [-0.25, -0.2) is 0 Å². The molecule has 2 aromatic rings. The molecule has 0 fully saturated rings. The number of carbonyl (C=O) groups excluding carboxylic acids is 2. The lowest BCUT2D eigenvalue weighted by Gasteiger charge is -2.15. The van der Waals surface area contributed by atoms with Crippen LogP contribution in [0, 0.1) is 6.92 Å². The van der Waals surface area contributed by atoms with E-state index in [1.54, 1.807) is 18.2 Å². The molecule has 0 saturated carbocycles. The SMILES string of the molecule is Cc1ccc(Cl)cc1NC(=O)C(C)OC(=O)CCc1ccc2c(c1)OCO2. The average Bonchev–Trinajstić information content (AvgIpc) is 3.10. The number of rotatable bonds is 6. The van der Waals surface area contributed by atoms with Crippen LogP contribution in [0.25, 0.3) is 0 Å². The van der Waals surface area contributed by atoms with Gasteiger partial charge in [-0.15, -0.1) is 0 Å². The monoisotopic (exact) mass is 389 g/mol. The number of hydrogen-bond donors (Lipinski definition) is 1. The average molecular weight is 390 g/mol. The number of esters is 1. The number of ether oxygens (including phenoxy) is 3. The predicted molar refractivity (Wildman–Crippen MR) is 101 cm³/mol. The zero-order valence-electron chi connectivity index (χ0n) is 15.1. The Morgan fingerprint density at radius 2 is 1.96 bits per heavy atom. The second-order valence-electron chi connectivity index (χ2n) is 6.27. The first-order valence-corrected chi connectivity index (χ1v) is 8.95. The number of nitrogens with one attached hydrogen (secondary N) is 1. The van der Waals surface area contributed by atoms with Crippen molar-refractivity contribution in [3.63, 3.8) is 0 Å². The molecule has 1 aliphatic rings. The maximum Gasteiger partial charge on any atom is 0.306 e. The molecule has 142 valence electrons. The molecule has 0 spiro atoms. The molecular weight excluding hydrogens is 370 g/mol. The van der Waals surface area contributed by atoms with E-state index in [1.807, 2.05) is 25.1 Å². The number of fused-ring (bicyclic) bond motifs is 1. The molecule has 0 aromatic heterocycles. The minimum atomic E-state index is -0.910. The highest BCUT2D eigenvalue weighted by atomic mass is 35.5. The van der Waals surface area contributed by atoms with Gasteiger partial charge in [0.25, 0.3) is 5.91 Å². The Bertz CT molecular complexity index is 867. The number of halogens is 1. The van der Waals surface area contributed by atoms with Gasteiger partial charge in [0.2, 0.25) is 6.79 Å². The largest absolute Gasteiger partial charge is 0.454 e. The van der Waals surface area contributed by atoms with E-state index < -0.39 is 18.0 Å². The van der Waals surface area contributed by atoms with Crippen LogP contribution in [0.2, 0.25) is 5.02 Å². The molecule has 0 bridgehead atoms. The van der Waals surface area contributed by atoms with Crippen LogP contribution in [-0.2, 0) is 20.7 Å². The maximum absolute atomic E-state index is 12.3. The zero-order chi connectivity index (χ0) is 19.4. The molecule has 27 heavy (non-hydrogen) atoms. The molecule has 7 heteroatoms. The smallest absolute Gasteiger partial charge is 0.306 e. The quantitative estimate of drug-likeness (QED) is 0.759. The number of hydrogen-bond acceptors (Lipinski definition) is 5. The maximum atomic E-state index is 12.3. The minimum absolute atomic E-state index is 0.160. The normalized spacial score (nSPS) is 13.1. The molecule has 0 saturated heterocycles. The predicted octanol–water partition coefficient (Wildman–Crippen LogP) is 3.88. The van der Waals surface area contributed by atoms with E-state index in [0.29, 0.717) is 28.6 Å². The Balaban J connectivity index is 1.49. The third-order valence-corrected chi connectivity index (χ3v) is 4.42. The van der Waals surface area contributed by atoms with E-state index >= 15 is 0 Å². The first-order chi connectivity index (χ1) is 12.9. The van der Waals surface area contributed by atoms with Crippen molar-refractivity contribution < 1.29 is 23.8 Å².